The minimum atomic E-state index is 0.403. The maximum Gasteiger partial charge on any atom is 0.221 e. The van der Waals surface area contributed by atoms with E-state index in [1.165, 1.54) is 5.56 Å². The molecule has 3 rings (SSSR count). The van der Waals surface area contributed by atoms with Crippen LogP contribution in [0.15, 0.2) is 48.7 Å². The van der Waals surface area contributed by atoms with Gasteiger partial charge >= 0.3 is 0 Å². The standard InChI is InChI=1S/C23H28N4O.CH4N2O/c1-5-17-8-7-9-21(27(4)24)20(17)15-28-22-11-10-18(14-16(22)3)23-25-13-12-19(6-2)26-23;2-3-1-4/h7-14H,5-6,15,24H2,1-4H3;1H,2H2,(H,3,4). The molecule has 1 amide bonds. The van der Waals surface area contributed by atoms with Crippen LogP contribution in [0.1, 0.15) is 36.2 Å². The molecule has 2 aromatic carbocycles. The second-order valence-electron chi connectivity index (χ2n) is 7.16. The van der Waals surface area contributed by atoms with Crippen LogP contribution >= 0.6 is 0 Å². The predicted octanol–water partition coefficient (Wildman–Crippen LogP) is 3.07. The molecule has 0 aliphatic carbocycles. The van der Waals surface area contributed by atoms with Crippen LogP contribution in [0.5, 0.6) is 5.75 Å². The average Bonchev–Trinajstić information content (AvgIpc) is 2.83. The van der Waals surface area contributed by atoms with Gasteiger partial charge in [-0.2, -0.15) is 0 Å². The number of carbonyl (C=O) groups is 1. The molecule has 5 N–H and O–H groups in total. The van der Waals surface area contributed by atoms with E-state index in [0.717, 1.165) is 52.5 Å². The van der Waals surface area contributed by atoms with Crippen molar-refractivity contribution in [2.24, 2.45) is 11.7 Å². The maximum absolute atomic E-state index is 8.94. The first-order chi connectivity index (χ1) is 15.4. The Kier molecular flexibility index (Phi) is 9.59. The summed E-state index contributed by atoms with van der Waals surface area (Å²) in [5.74, 6) is 12.0. The van der Waals surface area contributed by atoms with Gasteiger partial charge in [-0.25, -0.2) is 21.7 Å². The largest absolute Gasteiger partial charge is 0.489 e. The lowest BCUT2D eigenvalue weighted by Gasteiger charge is -2.20. The Morgan fingerprint density at radius 3 is 2.50 bits per heavy atom. The molecule has 0 unspecified atom stereocenters. The van der Waals surface area contributed by atoms with Crippen molar-refractivity contribution in [1.29, 1.82) is 0 Å². The molecule has 0 atom stereocenters. The van der Waals surface area contributed by atoms with Crippen molar-refractivity contribution in [3.05, 3.63) is 71.0 Å². The molecule has 0 bridgehead atoms. The van der Waals surface area contributed by atoms with E-state index in [9.17, 15) is 0 Å². The number of anilines is 1. The summed E-state index contributed by atoms with van der Waals surface area (Å²) in [6.07, 6.45) is 4.04. The predicted molar refractivity (Wildman–Crippen MR) is 128 cm³/mol. The van der Waals surface area contributed by atoms with Gasteiger partial charge in [0.05, 0.1) is 5.69 Å². The lowest BCUT2D eigenvalue weighted by molar-refractivity contribution is -0.109. The van der Waals surface area contributed by atoms with Crippen molar-refractivity contribution in [2.45, 2.75) is 40.2 Å². The van der Waals surface area contributed by atoms with E-state index in [2.05, 4.69) is 41.8 Å². The summed E-state index contributed by atoms with van der Waals surface area (Å²) >= 11 is 0. The molecule has 0 spiro atoms. The van der Waals surface area contributed by atoms with Crippen molar-refractivity contribution >= 4 is 12.1 Å². The summed E-state index contributed by atoms with van der Waals surface area (Å²) < 4.78 is 6.17. The summed E-state index contributed by atoms with van der Waals surface area (Å²) in [7, 11) is 1.85. The molecular weight excluding hydrogens is 404 g/mol. The number of hydrazine groups is 2. The summed E-state index contributed by atoms with van der Waals surface area (Å²) in [5.41, 5.74) is 8.19. The van der Waals surface area contributed by atoms with Crippen molar-refractivity contribution in [1.82, 2.24) is 15.4 Å². The zero-order valence-corrected chi connectivity index (χ0v) is 19.1. The second-order valence-corrected chi connectivity index (χ2v) is 7.16. The van der Waals surface area contributed by atoms with E-state index in [0.29, 0.717) is 13.0 Å². The van der Waals surface area contributed by atoms with Gasteiger partial charge in [0.1, 0.15) is 12.4 Å². The number of nitrogens with two attached hydrogens (primary N) is 2. The molecule has 170 valence electrons. The smallest absolute Gasteiger partial charge is 0.221 e. The molecule has 8 heteroatoms. The molecular formula is C24H32N6O2. The van der Waals surface area contributed by atoms with Crippen LogP contribution < -0.4 is 26.9 Å². The van der Waals surface area contributed by atoms with Gasteiger partial charge in [-0.05, 0) is 61.2 Å². The van der Waals surface area contributed by atoms with Gasteiger partial charge in [0.25, 0.3) is 0 Å². The third kappa shape index (κ3) is 6.50. The average molecular weight is 437 g/mol. The normalized spacial score (nSPS) is 10.1. The molecule has 32 heavy (non-hydrogen) atoms. The summed E-state index contributed by atoms with van der Waals surface area (Å²) in [6, 6.07) is 14.2. The van der Waals surface area contributed by atoms with Crippen molar-refractivity contribution < 1.29 is 9.53 Å². The number of nitrogens with one attached hydrogen (secondary N) is 1. The number of ether oxygens (including phenoxy) is 1. The fourth-order valence-electron chi connectivity index (χ4n) is 3.28. The molecule has 1 heterocycles. The summed E-state index contributed by atoms with van der Waals surface area (Å²) in [6.45, 7) is 6.76. The van der Waals surface area contributed by atoms with E-state index >= 15 is 0 Å². The van der Waals surface area contributed by atoms with E-state index in [1.54, 1.807) is 10.4 Å². The van der Waals surface area contributed by atoms with Gasteiger partial charge in [0.15, 0.2) is 5.82 Å². The van der Waals surface area contributed by atoms with Crippen LogP contribution in [0.3, 0.4) is 0 Å². The highest BCUT2D eigenvalue weighted by Crippen LogP contribution is 2.28. The summed E-state index contributed by atoms with van der Waals surface area (Å²) in [5, 5.41) is 1.64. The molecule has 0 aliphatic heterocycles. The highest BCUT2D eigenvalue weighted by molar-refractivity contribution is 5.59. The molecule has 8 nitrogen and oxygen atoms in total. The van der Waals surface area contributed by atoms with Gasteiger partial charge < -0.3 is 9.75 Å². The molecule has 1 aromatic heterocycles. The van der Waals surface area contributed by atoms with Crippen LogP contribution in [0.2, 0.25) is 0 Å². The van der Waals surface area contributed by atoms with E-state index in [-0.39, 0.29) is 0 Å². The first-order valence-electron chi connectivity index (χ1n) is 10.5. The van der Waals surface area contributed by atoms with Crippen molar-refractivity contribution in [3.8, 4) is 17.1 Å². The first-order valence-corrected chi connectivity index (χ1v) is 10.5. The van der Waals surface area contributed by atoms with E-state index in [4.69, 9.17) is 15.4 Å². The van der Waals surface area contributed by atoms with Crippen LogP contribution in [-0.2, 0) is 24.2 Å². The maximum atomic E-state index is 8.94. The van der Waals surface area contributed by atoms with Crippen molar-refractivity contribution in [3.63, 3.8) is 0 Å². The molecule has 0 saturated heterocycles. The van der Waals surface area contributed by atoms with Crippen LogP contribution in [0.4, 0.5) is 5.69 Å². The topological polar surface area (TPSA) is 119 Å². The molecule has 3 aromatic rings. The SMILES string of the molecule is CCc1ccnc(-c2ccc(OCc3c(CC)cccc3N(C)N)c(C)c2)n1.NNC=O. The fourth-order valence-corrected chi connectivity index (χ4v) is 3.28. The minimum absolute atomic E-state index is 0.403. The summed E-state index contributed by atoms with van der Waals surface area (Å²) in [4.78, 5) is 17.9. The Bertz CT molecular complexity index is 1020. The van der Waals surface area contributed by atoms with Gasteiger partial charge in [-0.15, -0.1) is 0 Å². The van der Waals surface area contributed by atoms with Crippen molar-refractivity contribution in [2.75, 3.05) is 12.1 Å². The Labute approximate surface area is 189 Å². The molecule has 0 aliphatic rings. The van der Waals surface area contributed by atoms with Crippen LogP contribution in [0.25, 0.3) is 11.4 Å². The molecule has 0 fully saturated rings. The second kappa shape index (κ2) is 12.4. The number of nitrogens with zero attached hydrogens (tertiary/aromatic N) is 3. The fraction of sp³-hybridized carbons (Fsp3) is 0.292. The van der Waals surface area contributed by atoms with E-state index in [1.807, 2.05) is 50.5 Å². The highest BCUT2D eigenvalue weighted by atomic mass is 16.5. The Morgan fingerprint density at radius 1 is 1.16 bits per heavy atom. The van der Waals surface area contributed by atoms with Gasteiger partial charge in [-0.1, -0.05) is 26.0 Å². The number of amides is 1. The third-order valence-electron chi connectivity index (χ3n) is 4.96. The number of hydrogen-bond acceptors (Lipinski definition) is 7. The number of aryl methyl sites for hydroxylation is 3. The Hall–Kier alpha value is -3.49. The zero-order valence-electron chi connectivity index (χ0n) is 19.1. The highest BCUT2D eigenvalue weighted by Gasteiger charge is 2.12. The Morgan fingerprint density at radius 2 is 1.91 bits per heavy atom. The van der Waals surface area contributed by atoms with Crippen LogP contribution in [0, 0.1) is 6.92 Å². The van der Waals surface area contributed by atoms with Crippen LogP contribution in [-0.4, -0.2) is 23.4 Å². The molecule has 0 radical (unpaired) electrons. The zero-order chi connectivity index (χ0) is 23.5. The quantitative estimate of drug-likeness (QED) is 0.215. The number of carbonyl (C=O) groups excluding carboxylic acids is 1. The Balaban J connectivity index is 0.000000837. The van der Waals surface area contributed by atoms with Gasteiger partial charge in [-0.3, -0.25) is 10.2 Å². The first kappa shape index (κ1) is 24.8. The number of hydrogen-bond donors (Lipinski definition) is 3. The number of benzene rings is 2. The monoisotopic (exact) mass is 436 g/mol. The third-order valence-corrected chi connectivity index (χ3v) is 4.96. The van der Waals surface area contributed by atoms with Gasteiger partial charge in [0.2, 0.25) is 6.41 Å². The lowest BCUT2D eigenvalue weighted by atomic mass is 10.0. The lowest BCUT2D eigenvalue weighted by Crippen LogP contribution is -2.27. The minimum Gasteiger partial charge on any atom is -0.489 e. The number of aromatic nitrogens is 2. The molecule has 0 saturated carbocycles. The van der Waals surface area contributed by atoms with E-state index < -0.39 is 0 Å². The van der Waals surface area contributed by atoms with Gasteiger partial charge in [0, 0.05) is 30.1 Å². The number of rotatable bonds is 8.